The Hall–Kier alpha value is -2.91. The van der Waals surface area contributed by atoms with Gasteiger partial charge in [0.2, 0.25) is 9.37 Å². The zero-order chi connectivity index (χ0) is 22.2. The first kappa shape index (κ1) is 21.3. The van der Waals surface area contributed by atoms with E-state index in [0.717, 1.165) is 22.6 Å². The molecule has 160 valence electrons. The topological polar surface area (TPSA) is 71.4 Å². The molecule has 1 unspecified atom stereocenters. The van der Waals surface area contributed by atoms with E-state index in [2.05, 4.69) is 5.10 Å². The van der Waals surface area contributed by atoms with Gasteiger partial charge in [-0.3, -0.25) is 0 Å². The minimum Gasteiger partial charge on any atom is -0.465 e. The molecule has 0 saturated carbocycles. The van der Waals surface area contributed by atoms with Gasteiger partial charge in [-0.15, -0.1) is 0 Å². The van der Waals surface area contributed by atoms with E-state index in [4.69, 9.17) is 9.47 Å². The number of esters is 2. The van der Waals surface area contributed by atoms with Gasteiger partial charge in [-0.1, -0.05) is 42.1 Å². The van der Waals surface area contributed by atoms with Gasteiger partial charge in [0.1, 0.15) is 4.91 Å². The van der Waals surface area contributed by atoms with E-state index in [-0.39, 0.29) is 5.04 Å². The molecule has 31 heavy (non-hydrogen) atoms. The highest BCUT2D eigenvalue weighted by molar-refractivity contribution is 8.29. The maximum Gasteiger partial charge on any atom is 0.365 e. The lowest BCUT2D eigenvalue weighted by Crippen LogP contribution is -2.49. The summed E-state index contributed by atoms with van der Waals surface area (Å²) >= 11 is 2.54. The first-order valence-corrected chi connectivity index (χ1v) is 11.1. The van der Waals surface area contributed by atoms with Crippen molar-refractivity contribution in [2.75, 3.05) is 24.1 Å². The number of aryl methyl sites for hydroxylation is 1. The third kappa shape index (κ3) is 3.57. The number of hydrogen-bond acceptors (Lipinski definition) is 9. The zero-order valence-corrected chi connectivity index (χ0v) is 19.1. The van der Waals surface area contributed by atoms with Gasteiger partial charge in [-0.25, -0.2) is 14.6 Å². The molecule has 1 spiro atoms. The van der Waals surface area contributed by atoms with Crippen LogP contribution in [0.5, 0.6) is 0 Å². The van der Waals surface area contributed by atoms with Crippen LogP contribution in [0.3, 0.4) is 0 Å². The normalized spacial score (nSPS) is 20.3. The second-order valence-corrected chi connectivity index (χ2v) is 9.48. The lowest BCUT2D eigenvalue weighted by Gasteiger charge is -2.41. The van der Waals surface area contributed by atoms with Crippen LogP contribution >= 0.6 is 23.5 Å². The van der Waals surface area contributed by atoms with E-state index in [9.17, 15) is 9.59 Å². The van der Waals surface area contributed by atoms with Crippen LogP contribution in [0.1, 0.15) is 12.5 Å². The molecule has 0 radical (unpaired) electrons. The van der Waals surface area contributed by atoms with Gasteiger partial charge in [-0.05, 0) is 55.4 Å². The highest BCUT2D eigenvalue weighted by atomic mass is 32.2. The van der Waals surface area contributed by atoms with E-state index in [1.165, 1.54) is 37.7 Å². The maximum absolute atomic E-state index is 12.6. The SMILES string of the molecule is COC(=O)C1=NN(c2cccc(C)c2)C2(S1)SC(C(=O)OC)=C(C)N2c1ccccc1. The molecular weight excluding hydrogens is 434 g/mol. The van der Waals surface area contributed by atoms with Crippen LogP contribution in [-0.4, -0.2) is 35.5 Å². The van der Waals surface area contributed by atoms with E-state index < -0.39 is 16.3 Å². The van der Waals surface area contributed by atoms with Crippen LogP contribution in [-0.2, 0) is 19.1 Å². The number of anilines is 2. The number of nitrogens with zero attached hydrogens (tertiary/aromatic N) is 3. The number of benzene rings is 2. The molecule has 0 N–H and O–H groups in total. The quantitative estimate of drug-likeness (QED) is 0.632. The van der Waals surface area contributed by atoms with Crippen molar-refractivity contribution in [3.05, 3.63) is 70.8 Å². The van der Waals surface area contributed by atoms with E-state index in [0.29, 0.717) is 4.91 Å². The Morgan fingerprint density at radius 1 is 0.903 bits per heavy atom. The van der Waals surface area contributed by atoms with Crippen molar-refractivity contribution in [3.63, 3.8) is 0 Å². The number of rotatable bonds is 4. The smallest absolute Gasteiger partial charge is 0.365 e. The highest BCUT2D eigenvalue weighted by Crippen LogP contribution is 2.60. The molecule has 1 atom stereocenters. The Kier molecular flexibility index (Phi) is 5.72. The predicted octanol–water partition coefficient (Wildman–Crippen LogP) is 4.30. The Labute approximate surface area is 189 Å². The summed E-state index contributed by atoms with van der Waals surface area (Å²) < 4.78 is 9.02. The number of allylic oxidation sites excluding steroid dienone is 1. The Morgan fingerprint density at radius 3 is 2.23 bits per heavy atom. The summed E-state index contributed by atoms with van der Waals surface area (Å²) in [5, 5.41) is 6.61. The second kappa shape index (κ2) is 8.32. The molecule has 2 aromatic carbocycles. The van der Waals surface area contributed by atoms with Crippen LogP contribution < -0.4 is 9.91 Å². The fourth-order valence-corrected chi connectivity index (χ4v) is 6.48. The highest BCUT2D eigenvalue weighted by Gasteiger charge is 2.58. The summed E-state index contributed by atoms with van der Waals surface area (Å²) in [6.45, 7) is 3.86. The number of ether oxygens (including phenoxy) is 2. The number of carbonyl (C=O) groups is 2. The van der Waals surface area contributed by atoms with Crippen LogP contribution in [0.4, 0.5) is 11.4 Å². The van der Waals surface area contributed by atoms with Crippen molar-refractivity contribution in [1.29, 1.82) is 0 Å². The molecule has 2 heterocycles. The molecule has 0 saturated heterocycles. The average Bonchev–Trinajstić information content (AvgIpc) is 3.31. The van der Waals surface area contributed by atoms with Crippen molar-refractivity contribution in [2.45, 2.75) is 18.2 Å². The third-order valence-corrected chi connectivity index (χ3v) is 7.71. The summed E-state index contributed by atoms with van der Waals surface area (Å²) in [6.07, 6.45) is 0. The number of hydrogen-bond donors (Lipinski definition) is 0. The van der Waals surface area contributed by atoms with Crippen molar-refractivity contribution in [2.24, 2.45) is 5.10 Å². The van der Waals surface area contributed by atoms with Gasteiger partial charge in [0, 0.05) is 11.4 Å². The fourth-order valence-electron chi connectivity index (χ4n) is 3.48. The molecule has 4 rings (SSSR count). The van der Waals surface area contributed by atoms with Gasteiger partial charge in [0.05, 0.1) is 19.9 Å². The standard InChI is InChI=1S/C22H21N3O4S2/c1-14-9-8-12-17(13-14)25-22(31-19(23-25)21(27)29-4)24(16-10-6-5-7-11-16)15(2)18(30-22)20(26)28-3/h5-13H,1-4H3. The molecule has 2 aliphatic heterocycles. The van der Waals surface area contributed by atoms with Gasteiger partial charge in [0.15, 0.2) is 0 Å². The molecular formula is C22H21N3O4S2. The van der Waals surface area contributed by atoms with Crippen molar-refractivity contribution >= 4 is 51.9 Å². The molecule has 2 aromatic rings. The van der Waals surface area contributed by atoms with Crippen molar-refractivity contribution < 1.29 is 19.1 Å². The number of carbonyl (C=O) groups excluding carboxylic acids is 2. The van der Waals surface area contributed by atoms with Crippen LogP contribution in [0, 0.1) is 6.92 Å². The Morgan fingerprint density at radius 2 is 1.58 bits per heavy atom. The average molecular weight is 456 g/mol. The molecule has 0 fully saturated rings. The van der Waals surface area contributed by atoms with E-state index in [1.807, 2.05) is 73.3 Å². The lowest BCUT2D eigenvalue weighted by molar-refractivity contribution is -0.135. The zero-order valence-electron chi connectivity index (χ0n) is 17.5. The molecule has 2 aliphatic rings. The Bertz CT molecular complexity index is 1100. The summed E-state index contributed by atoms with van der Waals surface area (Å²) in [7, 11) is 2.69. The van der Waals surface area contributed by atoms with Crippen LogP contribution in [0.2, 0.25) is 0 Å². The first-order chi connectivity index (χ1) is 14.9. The van der Waals surface area contributed by atoms with Gasteiger partial charge < -0.3 is 14.4 Å². The van der Waals surface area contributed by atoms with E-state index in [1.54, 1.807) is 5.01 Å². The fraction of sp³-hybridized carbons (Fsp3) is 0.227. The number of para-hydroxylation sites is 1. The molecule has 7 nitrogen and oxygen atoms in total. The first-order valence-electron chi connectivity index (χ1n) is 9.47. The monoisotopic (exact) mass is 455 g/mol. The van der Waals surface area contributed by atoms with Gasteiger partial charge in [-0.2, -0.15) is 5.10 Å². The minimum absolute atomic E-state index is 0.205. The molecule has 0 aliphatic carbocycles. The summed E-state index contributed by atoms with van der Waals surface area (Å²) in [6, 6.07) is 17.5. The number of methoxy groups -OCH3 is 2. The van der Waals surface area contributed by atoms with Gasteiger partial charge in [0.25, 0.3) is 0 Å². The molecule has 9 heteroatoms. The maximum atomic E-state index is 12.6. The largest absolute Gasteiger partial charge is 0.465 e. The van der Waals surface area contributed by atoms with Crippen LogP contribution in [0.25, 0.3) is 0 Å². The predicted molar refractivity (Wildman–Crippen MR) is 125 cm³/mol. The second-order valence-electron chi connectivity index (χ2n) is 6.88. The van der Waals surface area contributed by atoms with Crippen LogP contribution in [0.15, 0.2) is 70.3 Å². The van der Waals surface area contributed by atoms with E-state index >= 15 is 0 Å². The van der Waals surface area contributed by atoms with Crippen molar-refractivity contribution in [3.8, 4) is 0 Å². The Balaban J connectivity index is 1.92. The summed E-state index contributed by atoms with van der Waals surface area (Å²) in [4.78, 5) is 27.6. The summed E-state index contributed by atoms with van der Waals surface area (Å²) in [5.74, 6) is -0.964. The number of thioether (sulfide) groups is 2. The molecule has 0 aromatic heterocycles. The van der Waals surface area contributed by atoms with Gasteiger partial charge >= 0.3 is 11.9 Å². The minimum atomic E-state index is -0.980. The number of hydrazone groups is 1. The third-order valence-electron chi connectivity index (χ3n) is 4.86. The summed E-state index contributed by atoms with van der Waals surface area (Å²) in [5.41, 5.74) is 3.41. The van der Waals surface area contributed by atoms with Crippen molar-refractivity contribution in [1.82, 2.24) is 0 Å². The lowest BCUT2D eigenvalue weighted by atomic mass is 10.2. The molecule has 0 bridgehead atoms. The molecule has 0 amide bonds.